The highest BCUT2D eigenvalue weighted by atomic mass is 35.5. The normalized spacial score (nSPS) is 18.2. The van der Waals surface area contributed by atoms with Crippen molar-refractivity contribution in [1.29, 1.82) is 0 Å². The van der Waals surface area contributed by atoms with Gasteiger partial charge in [0.05, 0.1) is 10.0 Å². The van der Waals surface area contributed by atoms with Crippen LogP contribution in [0.15, 0.2) is 12.1 Å². The summed E-state index contributed by atoms with van der Waals surface area (Å²) in [6.45, 7) is 8.04. The average Bonchev–Trinajstić information content (AvgIpc) is 2.47. The van der Waals surface area contributed by atoms with E-state index in [1.54, 1.807) is 0 Å². The average molecular weight is 333 g/mol. The van der Waals surface area contributed by atoms with Crippen molar-refractivity contribution in [2.24, 2.45) is 5.92 Å². The summed E-state index contributed by atoms with van der Waals surface area (Å²) in [5.74, 6) is 0.327. The number of nitrogens with zero attached hydrogens (tertiary/aromatic N) is 1. The summed E-state index contributed by atoms with van der Waals surface area (Å²) < 4.78 is 14.4. The predicted molar refractivity (Wildman–Crippen MR) is 87.7 cm³/mol. The largest absolute Gasteiger partial charge is 0.314 e. The molecule has 1 aliphatic rings. The topological polar surface area (TPSA) is 15.3 Å². The first-order valence-corrected chi connectivity index (χ1v) is 8.34. The molecule has 0 aliphatic carbocycles. The first-order chi connectivity index (χ1) is 10.0. The van der Waals surface area contributed by atoms with Gasteiger partial charge in [-0.2, -0.15) is 0 Å². The number of hydrogen-bond donors (Lipinski definition) is 1. The van der Waals surface area contributed by atoms with Gasteiger partial charge in [-0.1, -0.05) is 37.0 Å². The van der Waals surface area contributed by atoms with Gasteiger partial charge >= 0.3 is 0 Å². The molecule has 0 unspecified atom stereocenters. The van der Waals surface area contributed by atoms with Crippen molar-refractivity contribution in [3.63, 3.8) is 0 Å². The van der Waals surface area contributed by atoms with E-state index in [0.29, 0.717) is 21.5 Å². The van der Waals surface area contributed by atoms with Crippen LogP contribution < -0.4 is 5.32 Å². The summed E-state index contributed by atoms with van der Waals surface area (Å²) in [5, 5.41) is 4.13. The van der Waals surface area contributed by atoms with Crippen LogP contribution in [0.5, 0.6) is 0 Å². The lowest BCUT2D eigenvalue weighted by Gasteiger charge is -2.36. The van der Waals surface area contributed by atoms with Gasteiger partial charge in [0.25, 0.3) is 0 Å². The van der Waals surface area contributed by atoms with Gasteiger partial charge in [0.1, 0.15) is 5.82 Å². The van der Waals surface area contributed by atoms with E-state index in [9.17, 15) is 4.39 Å². The van der Waals surface area contributed by atoms with Gasteiger partial charge in [0.15, 0.2) is 0 Å². The fourth-order valence-electron chi connectivity index (χ4n) is 2.84. The highest BCUT2D eigenvalue weighted by Crippen LogP contribution is 2.37. The smallest absolute Gasteiger partial charge is 0.129 e. The zero-order valence-corrected chi connectivity index (χ0v) is 14.1. The molecule has 1 saturated heterocycles. The summed E-state index contributed by atoms with van der Waals surface area (Å²) in [6.07, 6.45) is 1.94. The Labute approximate surface area is 136 Å². The molecule has 0 saturated carbocycles. The van der Waals surface area contributed by atoms with Crippen LogP contribution in [0.2, 0.25) is 10.0 Å². The third-order valence-electron chi connectivity index (χ3n) is 4.02. The number of halogens is 3. The molecule has 1 heterocycles. The second kappa shape index (κ2) is 7.77. The van der Waals surface area contributed by atoms with Gasteiger partial charge in [-0.25, -0.2) is 4.39 Å². The van der Waals surface area contributed by atoms with Crippen molar-refractivity contribution in [3.05, 3.63) is 33.6 Å². The summed E-state index contributed by atoms with van der Waals surface area (Å²) >= 11 is 12.4. The van der Waals surface area contributed by atoms with Crippen molar-refractivity contribution in [3.8, 4) is 0 Å². The van der Waals surface area contributed by atoms with Gasteiger partial charge in [-0.05, 0) is 30.9 Å². The molecule has 0 amide bonds. The van der Waals surface area contributed by atoms with Crippen LogP contribution in [0.4, 0.5) is 4.39 Å². The van der Waals surface area contributed by atoms with E-state index in [4.69, 9.17) is 23.2 Å². The fourth-order valence-corrected chi connectivity index (χ4v) is 3.29. The van der Waals surface area contributed by atoms with Crippen LogP contribution in [0.3, 0.4) is 0 Å². The molecular weight excluding hydrogens is 310 g/mol. The Bertz CT molecular complexity index is 474. The van der Waals surface area contributed by atoms with E-state index in [2.05, 4.69) is 24.1 Å². The standard InChI is InChI=1S/C16H23Cl2FN2/c1-11(2)3-6-14(21-9-7-20-8-10-21)15-13(19)5-4-12(17)16(15)18/h4-5,11,14,20H,3,6-10H2,1-2H3/t14-/m1/s1. The minimum Gasteiger partial charge on any atom is -0.314 e. The van der Waals surface area contributed by atoms with Gasteiger partial charge in [-0.3, -0.25) is 4.90 Å². The molecule has 1 aromatic carbocycles. The molecule has 0 bridgehead atoms. The Hall–Kier alpha value is -0.350. The maximum absolute atomic E-state index is 14.4. The number of rotatable bonds is 5. The summed E-state index contributed by atoms with van der Waals surface area (Å²) in [7, 11) is 0. The Balaban J connectivity index is 2.31. The van der Waals surface area contributed by atoms with Crippen molar-refractivity contribution in [2.45, 2.75) is 32.7 Å². The van der Waals surface area contributed by atoms with E-state index in [-0.39, 0.29) is 11.9 Å². The van der Waals surface area contributed by atoms with Crippen molar-refractivity contribution in [2.75, 3.05) is 26.2 Å². The van der Waals surface area contributed by atoms with E-state index in [0.717, 1.165) is 39.0 Å². The predicted octanol–water partition coefficient (Wildman–Crippen LogP) is 4.52. The molecule has 5 heteroatoms. The quantitative estimate of drug-likeness (QED) is 0.797. The van der Waals surface area contributed by atoms with Gasteiger partial charge < -0.3 is 5.32 Å². The number of benzene rings is 1. The lowest BCUT2D eigenvalue weighted by molar-refractivity contribution is 0.157. The first-order valence-electron chi connectivity index (χ1n) is 7.59. The van der Waals surface area contributed by atoms with Crippen LogP contribution >= 0.6 is 23.2 Å². The van der Waals surface area contributed by atoms with E-state index in [1.807, 2.05) is 0 Å². The van der Waals surface area contributed by atoms with Crippen molar-refractivity contribution < 1.29 is 4.39 Å². The molecular formula is C16H23Cl2FN2. The van der Waals surface area contributed by atoms with Crippen LogP contribution in [-0.2, 0) is 0 Å². The molecule has 0 radical (unpaired) electrons. The van der Waals surface area contributed by atoms with Crippen LogP contribution in [0.1, 0.15) is 38.3 Å². The Morgan fingerprint density at radius 1 is 1.19 bits per heavy atom. The third kappa shape index (κ3) is 4.32. The SMILES string of the molecule is CC(C)CC[C@H](c1c(F)ccc(Cl)c1Cl)N1CCNCC1. The molecule has 1 atom stereocenters. The Kier molecular flexibility index (Phi) is 6.30. The minimum absolute atomic E-state index is 0.000648. The van der Waals surface area contributed by atoms with Crippen LogP contribution in [-0.4, -0.2) is 31.1 Å². The van der Waals surface area contributed by atoms with Gasteiger partial charge in [0, 0.05) is 37.8 Å². The van der Waals surface area contributed by atoms with Gasteiger partial charge in [-0.15, -0.1) is 0 Å². The van der Waals surface area contributed by atoms with E-state index >= 15 is 0 Å². The van der Waals surface area contributed by atoms with Gasteiger partial charge in [0.2, 0.25) is 0 Å². The molecule has 0 aromatic heterocycles. The van der Waals surface area contributed by atoms with Crippen molar-refractivity contribution in [1.82, 2.24) is 10.2 Å². The molecule has 2 rings (SSSR count). The Morgan fingerprint density at radius 2 is 1.86 bits per heavy atom. The highest BCUT2D eigenvalue weighted by Gasteiger charge is 2.27. The molecule has 21 heavy (non-hydrogen) atoms. The third-order valence-corrected chi connectivity index (χ3v) is 4.84. The lowest BCUT2D eigenvalue weighted by Crippen LogP contribution is -2.45. The molecule has 1 aliphatic heterocycles. The second-order valence-corrected chi connectivity index (χ2v) is 6.81. The summed E-state index contributed by atoms with van der Waals surface area (Å²) in [4.78, 5) is 2.32. The zero-order valence-electron chi connectivity index (χ0n) is 12.6. The van der Waals surface area contributed by atoms with E-state index in [1.165, 1.54) is 12.1 Å². The van der Waals surface area contributed by atoms with Crippen LogP contribution in [0.25, 0.3) is 0 Å². The molecule has 118 valence electrons. The van der Waals surface area contributed by atoms with Crippen molar-refractivity contribution >= 4 is 23.2 Å². The molecule has 0 spiro atoms. The maximum atomic E-state index is 14.4. The monoisotopic (exact) mass is 332 g/mol. The second-order valence-electron chi connectivity index (χ2n) is 6.03. The van der Waals surface area contributed by atoms with E-state index < -0.39 is 0 Å². The fraction of sp³-hybridized carbons (Fsp3) is 0.625. The minimum atomic E-state index is -0.253. The zero-order chi connectivity index (χ0) is 15.4. The number of nitrogens with one attached hydrogen (secondary N) is 1. The molecule has 1 fully saturated rings. The van der Waals surface area contributed by atoms with Crippen LogP contribution in [0, 0.1) is 11.7 Å². The first kappa shape index (κ1) is 17.0. The number of piperazine rings is 1. The molecule has 1 N–H and O–H groups in total. The lowest BCUT2D eigenvalue weighted by atomic mass is 9.95. The summed E-state index contributed by atoms with van der Waals surface area (Å²) in [6, 6.07) is 2.95. The highest BCUT2D eigenvalue weighted by molar-refractivity contribution is 6.42. The Morgan fingerprint density at radius 3 is 2.48 bits per heavy atom. The molecule has 1 aromatic rings. The number of hydrogen-bond acceptors (Lipinski definition) is 2. The molecule has 2 nitrogen and oxygen atoms in total. The summed E-state index contributed by atoms with van der Waals surface area (Å²) in [5.41, 5.74) is 0.562. The maximum Gasteiger partial charge on any atom is 0.129 e.